The molecule has 2 heterocycles. The number of carbonyl (C=O) groups excluding carboxylic acids is 3. The lowest BCUT2D eigenvalue weighted by Gasteiger charge is -2.31. The first kappa shape index (κ1) is 16.9. The van der Waals surface area contributed by atoms with Gasteiger partial charge in [0.1, 0.15) is 5.75 Å². The Morgan fingerprint density at radius 3 is 2.58 bits per heavy atom. The molecule has 7 nitrogen and oxygen atoms in total. The number of hydrogen-bond acceptors (Lipinski definition) is 4. The van der Waals surface area contributed by atoms with Gasteiger partial charge < -0.3 is 20.3 Å². The summed E-state index contributed by atoms with van der Waals surface area (Å²) >= 11 is 0. The molecule has 3 aliphatic rings. The van der Waals surface area contributed by atoms with E-state index in [-0.39, 0.29) is 29.6 Å². The molecule has 1 aromatic rings. The van der Waals surface area contributed by atoms with E-state index in [4.69, 9.17) is 4.74 Å². The fraction of sp³-hybridized carbons (Fsp3) is 0.526. The molecular formula is C19H23N3O4. The molecule has 7 heteroatoms. The highest BCUT2D eigenvalue weighted by molar-refractivity contribution is 5.99. The lowest BCUT2D eigenvalue weighted by atomic mass is 9.95. The van der Waals surface area contributed by atoms with Gasteiger partial charge in [-0.2, -0.15) is 0 Å². The molecule has 1 saturated carbocycles. The molecule has 2 N–H and O–H groups in total. The van der Waals surface area contributed by atoms with Gasteiger partial charge in [0.25, 0.3) is 5.91 Å². The molecule has 1 aromatic carbocycles. The zero-order chi connectivity index (χ0) is 18.3. The van der Waals surface area contributed by atoms with Gasteiger partial charge in [0.15, 0.2) is 6.10 Å². The summed E-state index contributed by atoms with van der Waals surface area (Å²) in [5.74, 6) is 0.746. The topological polar surface area (TPSA) is 87.7 Å². The normalized spacial score (nSPS) is 22.9. The van der Waals surface area contributed by atoms with Crippen LogP contribution in [0.15, 0.2) is 18.2 Å². The molecule has 0 bridgehead atoms. The molecule has 1 saturated heterocycles. The van der Waals surface area contributed by atoms with Crippen LogP contribution in [0.4, 0.5) is 11.4 Å². The molecule has 4 rings (SSSR count). The quantitative estimate of drug-likeness (QED) is 0.866. The number of hydrogen-bond donors (Lipinski definition) is 2. The second-order valence-corrected chi connectivity index (χ2v) is 7.32. The van der Waals surface area contributed by atoms with E-state index in [1.807, 2.05) is 4.90 Å². The third-order valence-corrected chi connectivity index (χ3v) is 5.28. The number of amides is 3. The summed E-state index contributed by atoms with van der Waals surface area (Å²) in [6.45, 7) is 2.99. The lowest BCUT2D eigenvalue weighted by Crippen LogP contribution is -2.42. The van der Waals surface area contributed by atoms with Crippen LogP contribution in [0.25, 0.3) is 0 Å². The van der Waals surface area contributed by atoms with Gasteiger partial charge in [-0.3, -0.25) is 14.4 Å². The van der Waals surface area contributed by atoms with Crippen molar-refractivity contribution in [3.05, 3.63) is 18.2 Å². The molecule has 2 fully saturated rings. The van der Waals surface area contributed by atoms with E-state index in [9.17, 15) is 14.4 Å². The van der Waals surface area contributed by atoms with Gasteiger partial charge in [0.05, 0.1) is 5.69 Å². The van der Waals surface area contributed by atoms with Gasteiger partial charge in [-0.25, -0.2) is 0 Å². The number of rotatable bonds is 3. The maximum Gasteiger partial charge on any atom is 0.265 e. The number of nitrogens with one attached hydrogen (secondary N) is 2. The van der Waals surface area contributed by atoms with Crippen molar-refractivity contribution in [2.45, 2.75) is 38.7 Å². The van der Waals surface area contributed by atoms with Crippen LogP contribution < -0.4 is 15.4 Å². The van der Waals surface area contributed by atoms with E-state index in [2.05, 4.69) is 10.6 Å². The van der Waals surface area contributed by atoms with E-state index in [0.29, 0.717) is 43.1 Å². The second-order valence-electron chi connectivity index (χ2n) is 7.32. The van der Waals surface area contributed by atoms with Crippen molar-refractivity contribution in [1.82, 2.24) is 4.90 Å². The van der Waals surface area contributed by atoms with E-state index < -0.39 is 6.10 Å². The van der Waals surface area contributed by atoms with Crippen LogP contribution in [-0.4, -0.2) is 41.8 Å². The molecule has 26 heavy (non-hydrogen) atoms. The van der Waals surface area contributed by atoms with Gasteiger partial charge in [0, 0.05) is 30.6 Å². The SMILES string of the molecule is C[C@@H]1Oc2ccc(NC(=O)C3CCN(C(=O)C4CC4)CC3)cc2NC1=O. The average molecular weight is 357 g/mol. The first-order valence-corrected chi connectivity index (χ1v) is 9.22. The third-order valence-electron chi connectivity index (χ3n) is 5.28. The molecule has 3 amide bonds. The van der Waals surface area contributed by atoms with Gasteiger partial charge >= 0.3 is 0 Å². The molecule has 138 valence electrons. The van der Waals surface area contributed by atoms with Crippen LogP contribution in [0, 0.1) is 11.8 Å². The van der Waals surface area contributed by atoms with Crippen LogP contribution in [0.5, 0.6) is 5.75 Å². The highest BCUT2D eigenvalue weighted by Gasteiger charge is 2.36. The fourth-order valence-corrected chi connectivity index (χ4v) is 3.48. The Bertz CT molecular complexity index is 751. The van der Waals surface area contributed by atoms with Crippen LogP contribution >= 0.6 is 0 Å². The average Bonchev–Trinajstić information content (AvgIpc) is 3.47. The van der Waals surface area contributed by atoms with Gasteiger partial charge in [-0.15, -0.1) is 0 Å². The lowest BCUT2D eigenvalue weighted by molar-refractivity contribution is -0.135. The molecule has 0 aromatic heterocycles. The maximum atomic E-state index is 12.5. The Labute approximate surface area is 152 Å². The molecule has 1 atom stereocenters. The van der Waals surface area contributed by atoms with Gasteiger partial charge in [-0.05, 0) is 50.8 Å². The summed E-state index contributed by atoms with van der Waals surface area (Å²) in [5, 5.41) is 5.70. The summed E-state index contributed by atoms with van der Waals surface area (Å²) in [6.07, 6.45) is 2.87. The first-order valence-electron chi connectivity index (χ1n) is 9.22. The van der Waals surface area contributed by atoms with Crippen LogP contribution in [0.1, 0.15) is 32.6 Å². The van der Waals surface area contributed by atoms with Gasteiger partial charge in [-0.1, -0.05) is 0 Å². The predicted octanol–water partition coefficient (Wildman–Crippen LogP) is 1.99. The minimum Gasteiger partial charge on any atom is -0.479 e. The minimum absolute atomic E-state index is 0.0418. The Hall–Kier alpha value is -2.57. The van der Waals surface area contributed by atoms with Crippen molar-refractivity contribution in [1.29, 1.82) is 0 Å². The van der Waals surface area contributed by atoms with Crippen molar-refractivity contribution in [3.8, 4) is 5.75 Å². The molecule has 0 unspecified atom stereocenters. The zero-order valence-electron chi connectivity index (χ0n) is 14.8. The van der Waals surface area contributed by atoms with E-state index >= 15 is 0 Å². The van der Waals surface area contributed by atoms with Crippen molar-refractivity contribution < 1.29 is 19.1 Å². The number of piperidine rings is 1. The highest BCUT2D eigenvalue weighted by atomic mass is 16.5. The number of nitrogens with zero attached hydrogens (tertiary/aromatic N) is 1. The summed E-state index contributed by atoms with van der Waals surface area (Å²) in [7, 11) is 0. The van der Waals surface area contributed by atoms with E-state index in [1.165, 1.54) is 0 Å². The summed E-state index contributed by atoms with van der Waals surface area (Å²) in [5.41, 5.74) is 1.19. The number of benzene rings is 1. The first-order chi connectivity index (χ1) is 12.5. The predicted molar refractivity (Wildman–Crippen MR) is 95.8 cm³/mol. The molecule has 0 spiro atoms. The monoisotopic (exact) mass is 357 g/mol. The van der Waals surface area contributed by atoms with Crippen molar-refractivity contribution in [2.24, 2.45) is 11.8 Å². The smallest absolute Gasteiger partial charge is 0.265 e. The Morgan fingerprint density at radius 2 is 1.88 bits per heavy atom. The molecule has 2 aliphatic heterocycles. The molecule has 0 radical (unpaired) electrons. The van der Waals surface area contributed by atoms with Crippen LogP contribution in [0.3, 0.4) is 0 Å². The summed E-state index contributed by atoms with van der Waals surface area (Å²) in [6, 6.07) is 5.23. The van der Waals surface area contributed by atoms with Crippen molar-refractivity contribution in [3.63, 3.8) is 0 Å². The Kier molecular flexibility index (Phi) is 4.30. The standard InChI is InChI=1S/C19H23N3O4/c1-11-17(23)21-15-10-14(4-5-16(15)26-11)20-18(24)12-6-8-22(9-7-12)19(25)13-2-3-13/h4-5,10-13H,2-3,6-9H2,1H3,(H,20,24)(H,21,23)/t11-/m0/s1. The van der Waals surface area contributed by atoms with Crippen molar-refractivity contribution in [2.75, 3.05) is 23.7 Å². The fourth-order valence-electron chi connectivity index (χ4n) is 3.48. The summed E-state index contributed by atoms with van der Waals surface area (Å²) < 4.78 is 5.52. The van der Waals surface area contributed by atoms with E-state index in [1.54, 1.807) is 25.1 Å². The summed E-state index contributed by atoms with van der Waals surface area (Å²) in [4.78, 5) is 38.3. The zero-order valence-corrected chi connectivity index (χ0v) is 14.8. The van der Waals surface area contributed by atoms with E-state index in [0.717, 1.165) is 12.8 Å². The molecular weight excluding hydrogens is 334 g/mol. The number of ether oxygens (including phenoxy) is 1. The number of fused-ring (bicyclic) bond motifs is 1. The largest absolute Gasteiger partial charge is 0.479 e. The minimum atomic E-state index is -0.522. The number of anilines is 2. The number of carbonyl (C=O) groups is 3. The van der Waals surface area contributed by atoms with Crippen molar-refractivity contribution >= 4 is 29.1 Å². The third kappa shape index (κ3) is 3.38. The Morgan fingerprint density at radius 1 is 1.15 bits per heavy atom. The number of likely N-dealkylation sites (tertiary alicyclic amines) is 1. The van der Waals surface area contributed by atoms with Gasteiger partial charge in [0.2, 0.25) is 11.8 Å². The second kappa shape index (κ2) is 6.63. The Balaban J connectivity index is 1.34. The molecule has 1 aliphatic carbocycles. The van der Waals surface area contributed by atoms with Crippen LogP contribution in [-0.2, 0) is 14.4 Å². The van der Waals surface area contributed by atoms with Crippen LogP contribution in [0.2, 0.25) is 0 Å². The maximum absolute atomic E-state index is 12.5. The highest BCUT2D eigenvalue weighted by Crippen LogP contribution is 2.34.